The molecule has 0 bridgehead atoms. The molecule has 0 aliphatic heterocycles. The minimum absolute atomic E-state index is 0.0102. The molecule has 0 heterocycles. The molecule has 1 amide bonds. The highest BCUT2D eigenvalue weighted by Crippen LogP contribution is 2.31. The molecule has 100 valence electrons. The molecule has 1 rings (SSSR count). The Labute approximate surface area is 110 Å². The lowest BCUT2D eigenvalue weighted by atomic mass is 9.90. The first-order valence-electron chi connectivity index (χ1n) is 6.49. The van der Waals surface area contributed by atoms with Gasteiger partial charge in [0.1, 0.15) is 0 Å². The normalized spacial score (nSPS) is 11.1. The second-order valence-corrected chi connectivity index (χ2v) is 5.41. The third-order valence-electron chi connectivity index (χ3n) is 3.09. The molecule has 1 aromatic rings. The summed E-state index contributed by atoms with van der Waals surface area (Å²) in [5.41, 5.74) is 10.6. The summed E-state index contributed by atoms with van der Waals surface area (Å²) >= 11 is 0. The number of nitrogens with two attached hydrogens (primary N) is 1. The van der Waals surface area contributed by atoms with E-state index in [2.05, 4.69) is 45.1 Å². The summed E-state index contributed by atoms with van der Waals surface area (Å²) < 4.78 is 0. The molecule has 0 radical (unpaired) electrons. The molecule has 0 saturated carbocycles. The van der Waals surface area contributed by atoms with Crippen LogP contribution in [0.3, 0.4) is 0 Å². The maximum absolute atomic E-state index is 11.0. The van der Waals surface area contributed by atoms with E-state index in [0.29, 0.717) is 18.4 Å². The van der Waals surface area contributed by atoms with E-state index >= 15 is 0 Å². The predicted molar refractivity (Wildman–Crippen MR) is 76.6 cm³/mol. The minimum atomic E-state index is -0.0102. The molecular formula is C15H24N2O. The third-order valence-corrected chi connectivity index (χ3v) is 3.09. The molecule has 3 nitrogen and oxygen atoms in total. The van der Waals surface area contributed by atoms with Gasteiger partial charge in [0.2, 0.25) is 5.91 Å². The van der Waals surface area contributed by atoms with Crippen molar-refractivity contribution in [3.05, 3.63) is 28.8 Å². The topological polar surface area (TPSA) is 55.1 Å². The molecule has 3 heteroatoms. The van der Waals surface area contributed by atoms with Crippen molar-refractivity contribution in [2.45, 2.75) is 53.0 Å². The lowest BCUT2D eigenvalue weighted by Gasteiger charge is -2.18. The van der Waals surface area contributed by atoms with Crippen LogP contribution in [0.5, 0.6) is 0 Å². The van der Waals surface area contributed by atoms with Gasteiger partial charge in [0.25, 0.3) is 0 Å². The van der Waals surface area contributed by atoms with Gasteiger partial charge in [-0.15, -0.1) is 0 Å². The average molecular weight is 248 g/mol. The number of carbonyl (C=O) groups excluding carboxylic acids is 1. The molecular weight excluding hydrogens is 224 g/mol. The summed E-state index contributed by atoms with van der Waals surface area (Å²) in [5.74, 6) is 0.767. The molecule has 0 aromatic heterocycles. The fourth-order valence-corrected chi connectivity index (χ4v) is 2.05. The van der Waals surface area contributed by atoms with E-state index in [1.807, 2.05) is 0 Å². The van der Waals surface area contributed by atoms with E-state index < -0.39 is 0 Å². The summed E-state index contributed by atoms with van der Waals surface area (Å²) in [6.45, 7) is 10.6. The molecule has 0 unspecified atom stereocenters. The van der Waals surface area contributed by atoms with Crippen molar-refractivity contribution >= 4 is 11.6 Å². The van der Waals surface area contributed by atoms with Gasteiger partial charge in [0.05, 0.1) is 0 Å². The quantitative estimate of drug-likeness (QED) is 0.804. The Morgan fingerprint density at radius 2 is 1.61 bits per heavy atom. The Kier molecular flexibility index (Phi) is 4.76. The Hall–Kier alpha value is -1.51. The van der Waals surface area contributed by atoms with Crippen molar-refractivity contribution in [3.8, 4) is 0 Å². The van der Waals surface area contributed by atoms with Gasteiger partial charge in [-0.1, -0.05) is 39.8 Å². The number of nitrogen functional groups attached to an aromatic ring is 1. The van der Waals surface area contributed by atoms with Gasteiger partial charge in [0.15, 0.2) is 0 Å². The first-order chi connectivity index (χ1) is 8.32. The number of nitrogens with one attached hydrogen (secondary N) is 1. The van der Waals surface area contributed by atoms with Gasteiger partial charge in [-0.2, -0.15) is 0 Å². The molecule has 0 aliphatic carbocycles. The van der Waals surface area contributed by atoms with E-state index in [9.17, 15) is 4.79 Å². The second-order valence-electron chi connectivity index (χ2n) is 5.41. The van der Waals surface area contributed by atoms with Crippen LogP contribution in [0.25, 0.3) is 0 Å². The van der Waals surface area contributed by atoms with Crippen molar-refractivity contribution in [2.75, 3.05) is 5.73 Å². The Balaban J connectivity index is 3.16. The average Bonchev–Trinajstić information content (AvgIpc) is 2.26. The molecule has 0 atom stereocenters. The molecule has 0 saturated heterocycles. The highest BCUT2D eigenvalue weighted by atomic mass is 16.1. The molecule has 0 fully saturated rings. The summed E-state index contributed by atoms with van der Waals surface area (Å²) in [5, 5.41) is 2.83. The van der Waals surface area contributed by atoms with Crippen LogP contribution < -0.4 is 11.1 Å². The smallest absolute Gasteiger partial charge is 0.217 e. The van der Waals surface area contributed by atoms with Gasteiger partial charge in [-0.3, -0.25) is 4.79 Å². The van der Waals surface area contributed by atoms with Crippen LogP contribution in [0, 0.1) is 0 Å². The number of anilines is 1. The van der Waals surface area contributed by atoms with E-state index in [-0.39, 0.29) is 5.91 Å². The van der Waals surface area contributed by atoms with Crippen LogP contribution in [-0.2, 0) is 11.3 Å². The van der Waals surface area contributed by atoms with Crippen LogP contribution in [0.2, 0.25) is 0 Å². The maximum Gasteiger partial charge on any atom is 0.217 e. The maximum atomic E-state index is 11.0. The van der Waals surface area contributed by atoms with Crippen LogP contribution in [-0.4, -0.2) is 5.91 Å². The monoisotopic (exact) mass is 248 g/mol. The van der Waals surface area contributed by atoms with E-state index in [0.717, 1.165) is 11.3 Å². The Bertz CT molecular complexity index is 407. The Morgan fingerprint density at radius 3 is 1.94 bits per heavy atom. The summed E-state index contributed by atoms with van der Waals surface area (Å²) in [6, 6.07) is 4.20. The number of amides is 1. The Morgan fingerprint density at radius 1 is 1.17 bits per heavy atom. The van der Waals surface area contributed by atoms with E-state index in [1.54, 1.807) is 0 Å². The highest BCUT2D eigenvalue weighted by Gasteiger charge is 2.13. The predicted octanol–water partition coefficient (Wildman–Crippen LogP) is 3.15. The van der Waals surface area contributed by atoms with Crippen molar-refractivity contribution in [1.29, 1.82) is 0 Å². The van der Waals surface area contributed by atoms with Crippen molar-refractivity contribution in [2.24, 2.45) is 0 Å². The number of hydrogen-bond donors (Lipinski definition) is 2. The van der Waals surface area contributed by atoms with Crippen molar-refractivity contribution in [3.63, 3.8) is 0 Å². The summed E-state index contributed by atoms with van der Waals surface area (Å²) in [4.78, 5) is 11.0. The fourth-order valence-electron chi connectivity index (χ4n) is 2.05. The second kappa shape index (κ2) is 5.89. The largest absolute Gasteiger partial charge is 0.398 e. The molecule has 1 aromatic carbocycles. The minimum Gasteiger partial charge on any atom is -0.398 e. The lowest BCUT2D eigenvalue weighted by Crippen LogP contribution is -2.19. The van der Waals surface area contributed by atoms with Gasteiger partial charge >= 0.3 is 0 Å². The van der Waals surface area contributed by atoms with Crippen LogP contribution in [0.4, 0.5) is 5.69 Å². The van der Waals surface area contributed by atoms with Crippen LogP contribution in [0.15, 0.2) is 12.1 Å². The highest BCUT2D eigenvalue weighted by molar-refractivity contribution is 5.72. The van der Waals surface area contributed by atoms with Crippen molar-refractivity contribution in [1.82, 2.24) is 5.32 Å². The van der Waals surface area contributed by atoms with Gasteiger partial charge in [-0.05, 0) is 28.5 Å². The fraction of sp³-hybridized carbons (Fsp3) is 0.533. The number of hydrogen-bond acceptors (Lipinski definition) is 2. The standard InChI is InChI=1S/C15H24N2O/c1-9(2)13-6-12(8-17-11(5)18)7-14(10(3)4)15(13)16/h6-7,9-10H,8,16H2,1-5H3,(H,17,18). The number of carbonyl (C=O) groups is 1. The zero-order valence-corrected chi connectivity index (χ0v) is 12.0. The SMILES string of the molecule is CC(=O)NCc1cc(C(C)C)c(N)c(C(C)C)c1. The summed E-state index contributed by atoms with van der Waals surface area (Å²) in [6.07, 6.45) is 0. The van der Waals surface area contributed by atoms with Crippen molar-refractivity contribution < 1.29 is 4.79 Å². The zero-order valence-electron chi connectivity index (χ0n) is 12.0. The molecule has 0 aliphatic rings. The zero-order chi connectivity index (χ0) is 13.9. The van der Waals surface area contributed by atoms with E-state index in [4.69, 9.17) is 5.73 Å². The number of rotatable bonds is 4. The lowest BCUT2D eigenvalue weighted by molar-refractivity contribution is -0.119. The first-order valence-corrected chi connectivity index (χ1v) is 6.49. The van der Waals surface area contributed by atoms with E-state index in [1.165, 1.54) is 18.1 Å². The van der Waals surface area contributed by atoms with Gasteiger partial charge in [-0.25, -0.2) is 0 Å². The van der Waals surface area contributed by atoms with Gasteiger partial charge in [0, 0.05) is 19.2 Å². The first kappa shape index (κ1) is 14.6. The van der Waals surface area contributed by atoms with Crippen LogP contribution in [0.1, 0.15) is 63.1 Å². The molecule has 18 heavy (non-hydrogen) atoms. The third kappa shape index (κ3) is 3.49. The van der Waals surface area contributed by atoms with Crippen LogP contribution >= 0.6 is 0 Å². The molecule has 0 spiro atoms. The van der Waals surface area contributed by atoms with Gasteiger partial charge < -0.3 is 11.1 Å². The summed E-state index contributed by atoms with van der Waals surface area (Å²) in [7, 11) is 0. The molecule has 3 N–H and O–H groups in total. The number of benzene rings is 1.